The first-order valence-corrected chi connectivity index (χ1v) is 15.0. The molecule has 3 N–H and O–H groups in total. The van der Waals surface area contributed by atoms with Gasteiger partial charge in [-0.1, -0.05) is 45.9 Å². The van der Waals surface area contributed by atoms with E-state index in [0.29, 0.717) is 24.3 Å². The second kappa shape index (κ2) is 17.0. The molecular weight excluding hydrogens is 538 g/mol. The van der Waals surface area contributed by atoms with Crippen LogP contribution in [0.2, 0.25) is 0 Å². The van der Waals surface area contributed by atoms with E-state index in [1.807, 2.05) is 20.8 Å². The summed E-state index contributed by atoms with van der Waals surface area (Å²) in [4.78, 5) is 54.6. The van der Waals surface area contributed by atoms with Crippen LogP contribution in [-0.4, -0.2) is 64.7 Å². The lowest BCUT2D eigenvalue weighted by molar-refractivity contribution is -0.146. The van der Waals surface area contributed by atoms with Crippen molar-refractivity contribution in [3.63, 3.8) is 0 Å². The quantitative estimate of drug-likeness (QED) is 0.232. The zero-order chi connectivity index (χ0) is 32.2. The highest BCUT2D eigenvalue weighted by molar-refractivity contribution is 5.93. The van der Waals surface area contributed by atoms with E-state index in [0.717, 1.165) is 6.42 Å². The smallest absolute Gasteiger partial charge is 0.408 e. The van der Waals surface area contributed by atoms with E-state index >= 15 is 0 Å². The lowest BCUT2D eigenvalue weighted by Crippen LogP contribution is -2.56. The van der Waals surface area contributed by atoms with Gasteiger partial charge < -0.3 is 30.1 Å². The van der Waals surface area contributed by atoms with Gasteiger partial charge in [-0.15, -0.1) is 0 Å². The summed E-state index contributed by atoms with van der Waals surface area (Å²) in [5.41, 5.74) is 0.0349. The molecule has 1 rings (SSSR count). The number of hydrogen-bond donors (Lipinski definition) is 3. The van der Waals surface area contributed by atoms with Crippen molar-refractivity contribution in [2.24, 2.45) is 11.8 Å². The normalized spacial score (nSPS) is 13.7. The van der Waals surface area contributed by atoms with Crippen LogP contribution in [0.25, 0.3) is 0 Å². The van der Waals surface area contributed by atoms with E-state index in [2.05, 4.69) is 24.5 Å². The third kappa shape index (κ3) is 12.3. The van der Waals surface area contributed by atoms with Crippen LogP contribution >= 0.6 is 0 Å². The Kier molecular flexibility index (Phi) is 14.8. The first-order valence-electron chi connectivity index (χ1n) is 15.0. The van der Waals surface area contributed by atoms with Gasteiger partial charge in [-0.3, -0.25) is 14.4 Å². The van der Waals surface area contributed by atoms with Gasteiger partial charge in [0, 0.05) is 18.2 Å². The van der Waals surface area contributed by atoms with Gasteiger partial charge in [0.1, 0.15) is 23.4 Å². The molecule has 0 aliphatic carbocycles. The summed E-state index contributed by atoms with van der Waals surface area (Å²) in [7, 11) is 0. The first-order chi connectivity index (χ1) is 19.5. The number of rotatable bonds is 15. The Balaban J connectivity index is 3.66. The van der Waals surface area contributed by atoms with Crippen molar-refractivity contribution in [3.05, 3.63) is 29.3 Å². The molecule has 0 aliphatic heterocycles. The third-order valence-corrected chi connectivity index (χ3v) is 6.61. The van der Waals surface area contributed by atoms with Crippen molar-refractivity contribution in [1.82, 2.24) is 15.5 Å². The predicted molar refractivity (Wildman–Crippen MR) is 163 cm³/mol. The zero-order valence-electron chi connectivity index (χ0n) is 27.2. The molecule has 1 aromatic rings. The molecule has 0 spiro atoms. The molecule has 238 valence electrons. The molecule has 3 amide bonds. The van der Waals surface area contributed by atoms with Gasteiger partial charge in [0.25, 0.3) is 0 Å². The minimum Gasteiger partial charge on any atom is -0.507 e. The number of esters is 1. The average Bonchev–Trinajstić information content (AvgIpc) is 2.85. The third-order valence-electron chi connectivity index (χ3n) is 6.61. The molecule has 3 atom stereocenters. The van der Waals surface area contributed by atoms with Crippen molar-refractivity contribution in [2.75, 3.05) is 13.2 Å². The summed E-state index contributed by atoms with van der Waals surface area (Å²) in [6.45, 7) is 18.8. The van der Waals surface area contributed by atoms with E-state index in [9.17, 15) is 24.3 Å². The lowest BCUT2D eigenvalue weighted by Gasteiger charge is -2.39. The number of ether oxygens (including phenoxy) is 2. The zero-order valence-corrected chi connectivity index (χ0v) is 27.2. The molecule has 1 aromatic carbocycles. The number of phenolic OH excluding ortho intramolecular Hbond substituents is 1. The molecule has 0 saturated carbocycles. The fraction of sp³-hybridized carbons (Fsp3) is 0.688. The molecule has 0 aromatic heterocycles. The van der Waals surface area contributed by atoms with E-state index < -0.39 is 47.6 Å². The van der Waals surface area contributed by atoms with E-state index in [4.69, 9.17) is 9.47 Å². The summed E-state index contributed by atoms with van der Waals surface area (Å²) in [6, 6.07) is 2.41. The van der Waals surface area contributed by atoms with Crippen LogP contribution in [0.3, 0.4) is 0 Å². The highest BCUT2D eigenvalue weighted by Gasteiger charge is 2.40. The molecule has 10 nitrogen and oxygen atoms in total. The standard InChI is InChI=1S/C32H53N3O7/c1-11-41-26(36)17-18-33-29(38)27(24-14-12-13-22(6)28(24)37)35(23(7)16-15-20(2)3)30(39)25(19-21(4)5)34-31(40)42-32(8,9)10/h12-14,20-21,23,25,27,37H,11,15-19H2,1-10H3,(H,33,38)(H,34,40). The number of aromatic hydroxyl groups is 1. The number of para-hydroxylation sites is 1. The number of aryl methyl sites for hydroxylation is 1. The average molecular weight is 592 g/mol. The summed E-state index contributed by atoms with van der Waals surface area (Å²) in [6.07, 6.45) is 0.909. The van der Waals surface area contributed by atoms with Crippen LogP contribution in [0.1, 0.15) is 105 Å². The maximum atomic E-state index is 14.5. The van der Waals surface area contributed by atoms with Crippen LogP contribution in [-0.2, 0) is 23.9 Å². The summed E-state index contributed by atoms with van der Waals surface area (Å²) in [5.74, 6) is -1.18. The molecule has 0 heterocycles. The van der Waals surface area contributed by atoms with Crippen molar-refractivity contribution in [2.45, 2.75) is 119 Å². The van der Waals surface area contributed by atoms with Gasteiger partial charge in [-0.05, 0) is 78.2 Å². The van der Waals surface area contributed by atoms with Crippen LogP contribution in [0.5, 0.6) is 5.75 Å². The number of carbonyl (C=O) groups is 4. The summed E-state index contributed by atoms with van der Waals surface area (Å²) >= 11 is 0. The Labute approximate surface area is 251 Å². The highest BCUT2D eigenvalue weighted by Crippen LogP contribution is 2.34. The van der Waals surface area contributed by atoms with Crippen molar-refractivity contribution < 1.29 is 33.8 Å². The molecule has 10 heteroatoms. The van der Waals surface area contributed by atoms with Crippen LogP contribution in [0.15, 0.2) is 18.2 Å². The van der Waals surface area contributed by atoms with Crippen LogP contribution in [0.4, 0.5) is 4.79 Å². The minimum absolute atomic E-state index is 0.00523. The fourth-order valence-corrected chi connectivity index (χ4v) is 4.57. The van der Waals surface area contributed by atoms with Crippen molar-refractivity contribution in [3.8, 4) is 5.75 Å². The molecule has 0 aliphatic rings. The molecule has 0 fully saturated rings. The van der Waals surface area contributed by atoms with E-state index in [-0.39, 0.29) is 36.8 Å². The maximum Gasteiger partial charge on any atom is 0.408 e. The van der Waals surface area contributed by atoms with Gasteiger partial charge in [-0.2, -0.15) is 0 Å². The number of alkyl carbamates (subject to hydrolysis) is 1. The maximum absolute atomic E-state index is 14.5. The minimum atomic E-state index is -1.23. The molecule has 42 heavy (non-hydrogen) atoms. The van der Waals surface area contributed by atoms with Gasteiger partial charge in [0.05, 0.1) is 13.0 Å². The Morgan fingerprint density at radius 2 is 1.64 bits per heavy atom. The molecule has 3 unspecified atom stereocenters. The number of benzene rings is 1. The second-order valence-electron chi connectivity index (χ2n) is 12.7. The Morgan fingerprint density at radius 3 is 2.19 bits per heavy atom. The van der Waals surface area contributed by atoms with Gasteiger partial charge in [0.15, 0.2) is 0 Å². The lowest BCUT2D eigenvalue weighted by atomic mass is 9.94. The number of carbonyl (C=O) groups excluding carboxylic acids is 4. The largest absolute Gasteiger partial charge is 0.507 e. The number of nitrogens with zero attached hydrogens (tertiary/aromatic N) is 1. The van der Waals surface area contributed by atoms with E-state index in [1.54, 1.807) is 52.8 Å². The molecular formula is C32H53N3O7. The Morgan fingerprint density at radius 1 is 1.00 bits per heavy atom. The highest BCUT2D eigenvalue weighted by atomic mass is 16.6. The van der Waals surface area contributed by atoms with Gasteiger partial charge >= 0.3 is 12.1 Å². The summed E-state index contributed by atoms with van der Waals surface area (Å²) in [5, 5.41) is 16.6. The Bertz CT molecular complexity index is 1050. The van der Waals surface area contributed by atoms with Crippen LogP contribution < -0.4 is 10.6 Å². The number of amides is 3. The van der Waals surface area contributed by atoms with Crippen molar-refractivity contribution >= 4 is 23.9 Å². The topological polar surface area (TPSA) is 134 Å². The predicted octanol–water partition coefficient (Wildman–Crippen LogP) is 5.40. The Hall–Kier alpha value is -3.30. The van der Waals surface area contributed by atoms with Crippen molar-refractivity contribution in [1.29, 1.82) is 0 Å². The number of phenols is 1. The molecule has 0 saturated heterocycles. The number of hydrogen-bond acceptors (Lipinski definition) is 7. The summed E-state index contributed by atoms with van der Waals surface area (Å²) < 4.78 is 10.4. The fourth-order valence-electron chi connectivity index (χ4n) is 4.57. The molecule has 0 radical (unpaired) electrons. The number of nitrogens with one attached hydrogen (secondary N) is 2. The van der Waals surface area contributed by atoms with Gasteiger partial charge in [0.2, 0.25) is 11.8 Å². The SMILES string of the molecule is CCOC(=O)CCNC(=O)C(c1cccc(C)c1O)N(C(=O)C(CC(C)C)NC(=O)OC(C)(C)C)C(C)CCC(C)C. The second-order valence-corrected chi connectivity index (χ2v) is 12.7. The monoisotopic (exact) mass is 591 g/mol. The molecule has 0 bridgehead atoms. The first kappa shape index (κ1) is 36.7. The van der Waals surface area contributed by atoms with Gasteiger partial charge in [-0.25, -0.2) is 4.79 Å². The van der Waals surface area contributed by atoms with E-state index in [1.165, 1.54) is 4.90 Å². The van der Waals surface area contributed by atoms with Crippen LogP contribution in [0, 0.1) is 18.8 Å².